The number of aryl methyl sites for hydroxylation is 1. The van der Waals surface area contributed by atoms with Crippen LogP contribution in [0, 0.1) is 18.3 Å². The van der Waals surface area contributed by atoms with Gasteiger partial charge in [-0.05, 0) is 61.4 Å². The maximum atomic E-state index is 14.3. The first-order chi connectivity index (χ1) is 25.9. The first-order valence-electron chi connectivity index (χ1n) is 17.4. The number of rotatable bonds is 13. The molecule has 0 aliphatic carbocycles. The zero-order chi connectivity index (χ0) is 39.4. The van der Waals surface area contributed by atoms with Crippen LogP contribution in [0.15, 0.2) is 60.7 Å². The molecular weight excluding hydrogens is 694 g/mol. The highest BCUT2D eigenvalue weighted by atomic mass is 16.5. The third kappa shape index (κ3) is 10.1. The largest absolute Gasteiger partial charge is 0.492 e. The van der Waals surface area contributed by atoms with Crippen LogP contribution < -0.4 is 47.9 Å². The third-order valence-corrected chi connectivity index (χ3v) is 8.71. The summed E-state index contributed by atoms with van der Waals surface area (Å²) in [4.78, 5) is 69.4. The lowest BCUT2D eigenvalue weighted by Gasteiger charge is -2.32. The van der Waals surface area contributed by atoms with E-state index >= 15 is 0 Å². The Bertz CT molecular complexity index is 1880. The number of benzene rings is 3. The third-order valence-electron chi connectivity index (χ3n) is 8.71. The molecule has 0 unspecified atom stereocenters. The lowest BCUT2D eigenvalue weighted by Crippen LogP contribution is -2.56. The van der Waals surface area contributed by atoms with E-state index in [9.17, 15) is 24.0 Å². The zero-order valence-electron chi connectivity index (χ0n) is 30.5. The second kappa shape index (κ2) is 19.2. The first kappa shape index (κ1) is 40.7. The average Bonchev–Trinajstić information content (AvgIpc) is 3.17. The summed E-state index contributed by atoms with van der Waals surface area (Å²) in [5.41, 5.74) is 20.7. The molecule has 3 aromatic carbocycles. The number of nitrogens with one attached hydrogen (secondary N) is 4. The van der Waals surface area contributed by atoms with E-state index in [0.29, 0.717) is 39.3 Å². The molecule has 1 aliphatic rings. The lowest BCUT2D eigenvalue weighted by atomic mass is 9.93. The summed E-state index contributed by atoms with van der Waals surface area (Å²) in [5, 5.41) is 19.6. The van der Waals surface area contributed by atoms with Gasteiger partial charge in [0.2, 0.25) is 23.6 Å². The Balaban J connectivity index is 1.87. The fourth-order valence-corrected chi connectivity index (χ4v) is 5.87. The minimum Gasteiger partial charge on any atom is -0.492 e. The standard InChI is InChI=1S/C38H47N9O7/c1-22-4-7-25(8-5-22)35(49)46-30(21-42)38(52)47(3)33-26-9-11-32(54-17-14-41)28(20-26)27-18-24(6-10-31(27)53-16-13-40)19-29(36(50)43-15-12-39)45-34(48)23(2)44-37(33)51/h4-11,18,20,23,29-30,33H,13-17,19,21,40-42H2,1-3H3,(H,43,50)(H,44,51)(H,45,48)(H,46,49)/t23-,29-,30-,33-/m0/s1. The van der Waals surface area contributed by atoms with Crippen LogP contribution in [0.5, 0.6) is 11.5 Å². The molecule has 1 heterocycles. The van der Waals surface area contributed by atoms with E-state index in [1.807, 2.05) is 13.0 Å². The number of amides is 5. The molecule has 0 radical (unpaired) electrons. The van der Waals surface area contributed by atoms with Crippen molar-refractivity contribution in [1.29, 1.82) is 5.26 Å². The number of hydrogen-bond donors (Lipinski definition) is 7. The number of carbonyl (C=O) groups excluding carboxylic acids is 5. The van der Waals surface area contributed by atoms with Gasteiger partial charge in [0, 0.05) is 49.8 Å². The van der Waals surface area contributed by atoms with Crippen molar-refractivity contribution in [1.82, 2.24) is 26.2 Å². The summed E-state index contributed by atoms with van der Waals surface area (Å²) >= 11 is 0. The fourth-order valence-electron chi connectivity index (χ4n) is 5.87. The van der Waals surface area contributed by atoms with Gasteiger partial charge in [0.25, 0.3) is 5.91 Å². The number of ether oxygens (including phenoxy) is 2. The molecule has 0 spiro atoms. The van der Waals surface area contributed by atoms with Crippen molar-refractivity contribution in [2.45, 2.75) is 44.4 Å². The summed E-state index contributed by atoms with van der Waals surface area (Å²) in [6.07, 6.45) is 0.0150. The van der Waals surface area contributed by atoms with Crippen LogP contribution in [-0.2, 0) is 25.6 Å². The Morgan fingerprint density at radius 2 is 1.56 bits per heavy atom. The van der Waals surface area contributed by atoms with E-state index in [0.717, 1.165) is 10.5 Å². The Morgan fingerprint density at radius 3 is 2.17 bits per heavy atom. The summed E-state index contributed by atoms with van der Waals surface area (Å²) in [6, 6.07) is 13.8. The van der Waals surface area contributed by atoms with Crippen LogP contribution >= 0.6 is 0 Å². The molecular formula is C38H47N9O7. The van der Waals surface area contributed by atoms with Gasteiger partial charge < -0.3 is 52.8 Å². The molecule has 4 rings (SSSR count). The fraction of sp³-hybridized carbons (Fsp3) is 0.368. The predicted octanol–water partition coefficient (Wildman–Crippen LogP) is -0.221. The second-order valence-corrected chi connectivity index (χ2v) is 12.7. The molecule has 0 aromatic heterocycles. The van der Waals surface area contributed by atoms with Gasteiger partial charge >= 0.3 is 0 Å². The van der Waals surface area contributed by atoms with Crippen LogP contribution in [0.2, 0.25) is 0 Å². The van der Waals surface area contributed by atoms with Crippen molar-refractivity contribution < 1.29 is 33.4 Å². The van der Waals surface area contributed by atoms with Crippen LogP contribution in [0.4, 0.5) is 0 Å². The van der Waals surface area contributed by atoms with Gasteiger partial charge in [0.05, 0.1) is 6.07 Å². The molecule has 3 aromatic rings. The van der Waals surface area contributed by atoms with E-state index < -0.39 is 53.7 Å². The van der Waals surface area contributed by atoms with E-state index in [1.54, 1.807) is 60.7 Å². The van der Waals surface area contributed by atoms with Crippen molar-refractivity contribution >= 4 is 29.5 Å². The van der Waals surface area contributed by atoms with Crippen molar-refractivity contribution in [3.05, 3.63) is 82.9 Å². The molecule has 0 fully saturated rings. The van der Waals surface area contributed by atoms with Crippen LogP contribution in [0.1, 0.15) is 40.0 Å². The normalized spacial score (nSPS) is 17.4. The molecule has 4 atom stereocenters. The van der Waals surface area contributed by atoms with Gasteiger partial charge in [-0.3, -0.25) is 24.0 Å². The summed E-state index contributed by atoms with van der Waals surface area (Å²) in [5.74, 6) is -2.47. The highest BCUT2D eigenvalue weighted by molar-refractivity contribution is 5.99. The highest BCUT2D eigenvalue weighted by Gasteiger charge is 2.36. The Hall–Kier alpha value is -6.02. The monoisotopic (exact) mass is 741 g/mol. The quantitative estimate of drug-likeness (QED) is 0.113. The maximum absolute atomic E-state index is 14.3. The zero-order valence-corrected chi connectivity index (χ0v) is 30.5. The minimum absolute atomic E-state index is 0.0150. The van der Waals surface area contributed by atoms with Gasteiger partial charge in [-0.15, -0.1) is 0 Å². The van der Waals surface area contributed by atoms with E-state index in [4.69, 9.17) is 31.9 Å². The molecule has 54 heavy (non-hydrogen) atoms. The Labute approximate surface area is 313 Å². The van der Waals surface area contributed by atoms with E-state index in [-0.39, 0.29) is 45.8 Å². The van der Waals surface area contributed by atoms with Crippen molar-refractivity contribution in [2.24, 2.45) is 17.2 Å². The maximum Gasteiger partial charge on any atom is 0.251 e. The predicted molar refractivity (Wildman–Crippen MR) is 200 cm³/mol. The Kier molecular flexibility index (Phi) is 14.5. The number of hydrogen-bond acceptors (Lipinski definition) is 11. The summed E-state index contributed by atoms with van der Waals surface area (Å²) in [6.45, 7) is 3.46. The average molecular weight is 742 g/mol. The lowest BCUT2D eigenvalue weighted by molar-refractivity contribution is -0.141. The van der Waals surface area contributed by atoms with E-state index in [1.165, 1.54) is 14.0 Å². The molecule has 0 saturated heterocycles. The number of likely N-dealkylation sites (N-methyl/N-ethyl adjacent to an activating group) is 1. The van der Waals surface area contributed by atoms with Crippen LogP contribution in [-0.4, -0.2) is 99.0 Å². The van der Waals surface area contributed by atoms with Crippen molar-refractivity contribution in [3.63, 3.8) is 0 Å². The van der Waals surface area contributed by atoms with Gasteiger partial charge in [0.1, 0.15) is 55.4 Å². The number of nitrogens with zero attached hydrogens (tertiary/aromatic N) is 2. The van der Waals surface area contributed by atoms with Crippen molar-refractivity contribution in [2.75, 3.05) is 46.4 Å². The smallest absolute Gasteiger partial charge is 0.251 e. The number of nitriles is 1. The van der Waals surface area contributed by atoms with Gasteiger partial charge in [-0.25, -0.2) is 0 Å². The minimum atomic E-state index is -1.37. The molecule has 4 bridgehead atoms. The molecule has 16 heteroatoms. The number of nitrogens with two attached hydrogens (primary N) is 3. The number of fused-ring (bicyclic) bond motifs is 5. The van der Waals surface area contributed by atoms with E-state index in [2.05, 4.69) is 21.3 Å². The Morgan fingerprint density at radius 1 is 0.926 bits per heavy atom. The van der Waals surface area contributed by atoms with Crippen LogP contribution in [0.3, 0.4) is 0 Å². The topological polar surface area (TPSA) is 257 Å². The molecule has 0 saturated carbocycles. The molecule has 16 nitrogen and oxygen atoms in total. The molecule has 10 N–H and O–H groups in total. The summed E-state index contributed by atoms with van der Waals surface area (Å²) < 4.78 is 12.1. The van der Waals surface area contributed by atoms with Gasteiger partial charge in [0.15, 0.2) is 0 Å². The van der Waals surface area contributed by atoms with Gasteiger partial charge in [-0.2, -0.15) is 5.26 Å². The second-order valence-electron chi connectivity index (χ2n) is 12.7. The SMILES string of the molecule is Cc1ccc(C(=O)N[C@@H](CN)C(=O)N(C)[C@@H]2C(=O)N[C@@H](C)C(=O)N[C@H](C(=O)NCC#N)Cc3ccc(OCCN)c(c3)-c3cc2ccc3OCCN)cc1. The highest BCUT2D eigenvalue weighted by Crippen LogP contribution is 2.40. The van der Waals surface area contributed by atoms with Gasteiger partial charge in [-0.1, -0.05) is 29.8 Å². The van der Waals surface area contributed by atoms with Crippen LogP contribution in [0.25, 0.3) is 11.1 Å². The summed E-state index contributed by atoms with van der Waals surface area (Å²) in [7, 11) is 1.39. The number of carbonyl (C=O) groups is 5. The van der Waals surface area contributed by atoms with Crippen molar-refractivity contribution in [3.8, 4) is 28.7 Å². The molecule has 1 aliphatic heterocycles. The molecule has 5 amide bonds. The first-order valence-corrected chi connectivity index (χ1v) is 17.4. The molecule has 286 valence electrons.